The van der Waals surface area contributed by atoms with Crippen molar-refractivity contribution in [1.29, 1.82) is 0 Å². The summed E-state index contributed by atoms with van der Waals surface area (Å²) < 4.78 is 17.1. The molecule has 1 aromatic carbocycles. The summed E-state index contributed by atoms with van der Waals surface area (Å²) in [6.45, 7) is 0. The molecule has 0 aliphatic rings. The lowest BCUT2D eigenvalue weighted by atomic mass is 10.1. The summed E-state index contributed by atoms with van der Waals surface area (Å²) >= 11 is 0. The number of carbonyl (C=O) groups excluding carboxylic acids is 1. The molecule has 4 nitrogen and oxygen atoms in total. The molecule has 1 aromatic rings. The lowest BCUT2D eigenvalue weighted by Gasteiger charge is -2.13. The van der Waals surface area contributed by atoms with E-state index in [-0.39, 0.29) is 12.2 Å². The minimum atomic E-state index is -0.613. The van der Waals surface area contributed by atoms with E-state index in [1.54, 1.807) is 0 Å². The van der Waals surface area contributed by atoms with Gasteiger partial charge in [-0.15, -0.1) is 0 Å². The highest BCUT2D eigenvalue weighted by molar-refractivity contribution is 5.70. The molecular weight excluding hydrogens is 201 g/mol. The summed E-state index contributed by atoms with van der Waals surface area (Å²) in [6.07, 6.45) is -0.614. The Bertz CT molecular complexity index is 326. The molecule has 0 amide bonds. The van der Waals surface area contributed by atoms with E-state index >= 15 is 0 Å². The second-order valence-corrected chi connectivity index (χ2v) is 2.96. The molecule has 0 radical (unpaired) electrons. The molecule has 0 saturated heterocycles. The number of nitrogens with two attached hydrogens (primary N) is 1. The first-order valence-electron chi connectivity index (χ1n) is 4.35. The van der Waals surface area contributed by atoms with Crippen LogP contribution in [0.3, 0.4) is 0 Å². The molecule has 1 unspecified atom stereocenters. The van der Waals surface area contributed by atoms with E-state index in [1.807, 2.05) is 0 Å². The van der Waals surface area contributed by atoms with Crippen LogP contribution in [-0.2, 0) is 14.4 Å². The van der Waals surface area contributed by atoms with Crippen LogP contribution in [-0.4, -0.2) is 13.1 Å². The smallest absolute Gasteiger partial charge is 0.308 e. The first kappa shape index (κ1) is 11.6. The largest absolute Gasteiger partial charge is 0.469 e. The van der Waals surface area contributed by atoms with E-state index in [4.69, 9.17) is 5.90 Å². The average Bonchev–Trinajstić information content (AvgIpc) is 2.27. The monoisotopic (exact) mass is 213 g/mol. The standard InChI is InChI=1S/C10H12FNO3/c1-14-10(13)6-9(15-12)7-2-4-8(11)5-3-7/h2-5,9H,6,12H2,1H3. The highest BCUT2D eigenvalue weighted by atomic mass is 19.1. The molecule has 15 heavy (non-hydrogen) atoms. The number of ether oxygens (including phenoxy) is 1. The molecule has 0 bridgehead atoms. The fraction of sp³-hybridized carbons (Fsp3) is 0.300. The maximum absolute atomic E-state index is 12.6. The van der Waals surface area contributed by atoms with Gasteiger partial charge in [0.05, 0.1) is 13.5 Å². The van der Waals surface area contributed by atoms with Crippen molar-refractivity contribution in [2.75, 3.05) is 7.11 Å². The van der Waals surface area contributed by atoms with E-state index in [2.05, 4.69) is 9.57 Å². The maximum Gasteiger partial charge on any atom is 0.308 e. The zero-order valence-electron chi connectivity index (χ0n) is 8.27. The van der Waals surface area contributed by atoms with Gasteiger partial charge in [0, 0.05) is 0 Å². The number of benzene rings is 1. The predicted molar refractivity (Wildman–Crippen MR) is 51.0 cm³/mol. The van der Waals surface area contributed by atoms with Crippen LogP contribution in [0.1, 0.15) is 18.1 Å². The Labute approximate surface area is 86.7 Å². The van der Waals surface area contributed by atoms with Gasteiger partial charge in [-0.05, 0) is 17.7 Å². The van der Waals surface area contributed by atoms with Gasteiger partial charge in [0.25, 0.3) is 0 Å². The Morgan fingerprint density at radius 2 is 2.07 bits per heavy atom. The fourth-order valence-electron chi connectivity index (χ4n) is 1.16. The first-order valence-corrected chi connectivity index (χ1v) is 4.35. The second-order valence-electron chi connectivity index (χ2n) is 2.96. The van der Waals surface area contributed by atoms with E-state index in [1.165, 1.54) is 31.4 Å². The quantitative estimate of drug-likeness (QED) is 0.605. The number of hydrogen-bond donors (Lipinski definition) is 1. The number of carbonyl (C=O) groups is 1. The third-order valence-electron chi connectivity index (χ3n) is 1.99. The Kier molecular flexibility index (Phi) is 4.20. The predicted octanol–water partition coefficient (Wildman–Crippen LogP) is 1.32. The third-order valence-corrected chi connectivity index (χ3v) is 1.99. The van der Waals surface area contributed by atoms with Crippen molar-refractivity contribution < 1.29 is 18.8 Å². The molecule has 1 rings (SSSR count). The normalized spacial score (nSPS) is 12.2. The first-order chi connectivity index (χ1) is 7.17. The maximum atomic E-state index is 12.6. The molecule has 0 saturated carbocycles. The zero-order valence-corrected chi connectivity index (χ0v) is 8.27. The number of rotatable bonds is 4. The highest BCUT2D eigenvalue weighted by Crippen LogP contribution is 2.20. The number of esters is 1. The molecule has 0 aliphatic carbocycles. The molecular formula is C10H12FNO3. The average molecular weight is 213 g/mol. The van der Waals surface area contributed by atoms with Crippen LogP contribution in [0.25, 0.3) is 0 Å². The van der Waals surface area contributed by atoms with Crippen molar-refractivity contribution in [3.05, 3.63) is 35.6 Å². The molecule has 0 fully saturated rings. The van der Waals surface area contributed by atoms with Gasteiger partial charge in [0.2, 0.25) is 0 Å². The molecule has 0 aromatic heterocycles. The second kappa shape index (κ2) is 5.43. The van der Waals surface area contributed by atoms with Crippen molar-refractivity contribution in [3.8, 4) is 0 Å². The minimum Gasteiger partial charge on any atom is -0.469 e. The Balaban J connectivity index is 2.74. The SMILES string of the molecule is COC(=O)CC(ON)c1ccc(F)cc1. The van der Waals surface area contributed by atoms with Gasteiger partial charge >= 0.3 is 5.97 Å². The van der Waals surface area contributed by atoms with Crippen LogP contribution >= 0.6 is 0 Å². The molecule has 2 N–H and O–H groups in total. The molecule has 0 spiro atoms. The van der Waals surface area contributed by atoms with E-state index in [0.717, 1.165) is 0 Å². The van der Waals surface area contributed by atoms with Crippen molar-refractivity contribution in [2.45, 2.75) is 12.5 Å². The number of methoxy groups -OCH3 is 1. The van der Waals surface area contributed by atoms with Crippen molar-refractivity contribution in [1.82, 2.24) is 0 Å². The van der Waals surface area contributed by atoms with Crippen molar-refractivity contribution >= 4 is 5.97 Å². The van der Waals surface area contributed by atoms with Crippen LogP contribution < -0.4 is 5.90 Å². The Morgan fingerprint density at radius 3 is 2.53 bits per heavy atom. The van der Waals surface area contributed by atoms with Gasteiger partial charge in [0.1, 0.15) is 11.9 Å². The Hall–Kier alpha value is -1.46. The van der Waals surface area contributed by atoms with Gasteiger partial charge in [-0.25, -0.2) is 10.3 Å². The molecule has 82 valence electrons. The topological polar surface area (TPSA) is 61.5 Å². The van der Waals surface area contributed by atoms with Gasteiger partial charge in [-0.1, -0.05) is 12.1 Å². The van der Waals surface area contributed by atoms with Gasteiger partial charge < -0.3 is 4.74 Å². The zero-order chi connectivity index (χ0) is 11.3. The van der Waals surface area contributed by atoms with Gasteiger partial charge in [-0.3, -0.25) is 9.63 Å². The van der Waals surface area contributed by atoms with Crippen LogP contribution in [0, 0.1) is 5.82 Å². The van der Waals surface area contributed by atoms with Crippen LogP contribution in [0.4, 0.5) is 4.39 Å². The lowest BCUT2D eigenvalue weighted by molar-refractivity contribution is -0.144. The summed E-state index contributed by atoms with van der Waals surface area (Å²) in [5, 5.41) is 0. The van der Waals surface area contributed by atoms with Crippen molar-refractivity contribution in [2.24, 2.45) is 5.90 Å². The minimum absolute atomic E-state index is 0.00136. The van der Waals surface area contributed by atoms with Crippen LogP contribution in [0.5, 0.6) is 0 Å². The third kappa shape index (κ3) is 3.30. The fourth-order valence-corrected chi connectivity index (χ4v) is 1.16. The van der Waals surface area contributed by atoms with Gasteiger partial charge in [-0.2, -0.15) is 0 Å². The summed E-state index contributed by atoms with van der Waals surface area (Å²) in [5.41, 5.74) is 0.629. The lowest BCUT2D eigenvalue weighted by Crippen LogP contribution is -2.15. The summed E-state index contributed by atoms with van der Waals surface area (Å²) in [7, 11) is 1.28. The Morgan fingerprint density at radius 1 is 1.47 bits per heavy atom. The summed E-state index contributed by atoms with van der Waals surface area (Å²) in [6, 6.07) is 5.57. The summed E-state index contributed by atoms with van der Waals surface area (Å²) in [5.74, 6) is 4.25. The number of hydrogen-bond acceptors (Lipinski definition) is 4. The van der Waals surface area contributed by atoms with Crippen LogP contribution in [0.2, 0.25) is 0 Å². The van der Waals surface area contributed by atoms with E-state index in [9.17, 15) is 9.18 Å². The number of halogens is 1. The van der Waals surface area contributed by atoms with Crippen LogP contribution in [0.15, 0.2) is 24.3 Å². The van der Waals surface area contributed by atoms with Crippen molar-refractivity contribution in [3.63, 3.8) is 0 Å². The molecule has 1 atom stereocenters. The van der Waals surface area contributed by atoms with Gasteiger partial charge in [0.15, 0.2) is 0 Å². The molecule has 0 heterocycles. The highest BCUT2D eigenvalue weighted by Gasteiger charge is 2.16. The summed E-state index contributed by atoms with van der Waals surface area (Å²) in [4.78, 5) is 15.6. The van der Waals surface area contributed by atoms with E-state index < -0.39 is 12.1 Å². The molecule has 0 aliphatic heterocycles. The van der Waals surface area contributed by atoms with E-state index in [0.29, 0.717) is 5.56 Å². The molecule has 5 heteroatoms.